The molecule has 0 spiro atoms. The largest absolute Gasteiger partial charge is 0.399 e. The highest BCUT2D eigenvalue weighted by atomic mass is 14.6. The highest BCUT2D eigenvalue weighted by molar-refractivity contribution is 5.89. The van der Waals surface area contributed by atoms with Crippen molar-refractivity contribution >= 4 is 22.1 Å². The molecular formula is C32H35N3. The van der Waals surface area contributed by atoms with Crippen molar-refractivity contribution in [1.29, 1.82) is 0 Å². The molecule has 0 radical (unpaired) electrons. The smallest absolute Gasteiger partial charge is 0.0491 e. The average Bonchev–Trinajstić information content (AvgIpc) is 3.20. The summed E-state index contributed by atoms with van der Waals surface area (Å²) in [6.07, 6.45) is 8.22. The third kappa shape index (κ3) is 3.61. The monoisotopic (exact) mass is 461 g/mol. The topological polar surface area (TPSA) is 78.1 Å². The number of fused-ring (bicyclic) bond motifs is 4. The van der Waals surface area contributed by atoms with Gasteiger partial charge in [-0.1, -0.05) is 67.8 Å². The molecule has 0 amide bonds. The summed E-state index contributed by atoms with van der Waals surface area (Å²) in [4.78, 5) is 0. The quantitative estimate of drug-likeness (QED) is 0.281. The number of hydrogen-bond acceptors (Lipinski definition) is 3. The fourth-order valence-corrected chi connectivity index (χ4v) is 6.98. The van der Waals surface area contributed by atoms with Crippen LogP contribution in [0.15, 0.2) is 78.9 Å². The second kappa shape index (κ2) is 8.73. The first kappa shape index (κ1) is 22.2. The summed E-state index contributed by atoms with van der Waals surface area (Å²) in [5, 5.41) is 2.43. The van der Waals surface area contributed by atoms with Crippen LogP contribution in [0.25, 0.3) is 21.9 Å². The lowest BCUT2D eigenvalue weighted by molar-refractivity contribution is 0.318. The van der Waals surface area contributed by atoms with Crippen molar-refractivity contribution in [3.63, 3.8) is 0 Å². The van der Waals surface area contributed by atoms with Crippen molar-refractivity contribution in [1.82, 2.24) is 0 Å². The van der Waals surface area contributed by atoms with Crippen LogP contribution in [0.3, 0.4) is 0 Å². The minimum atomic E-state index is -0.205. The molecule has 0 heterocycles. The van der Waals surface area contributed by atoms with Gasteiger partial charge in [-0.3, -0.25) is 0 Å². The van der Waals surface area contributed by atoms with Gasteiger partial charge in [0.05, 0.1) is 0 Å². The van der Waals surface area contributed by atoms with Crippen LogP contribution < -0.4 is 17.2 Å². The summed E-state index contributed by atoms with van der Waals surface area (Å²) < 4.78 is 0. The van der Waals surface area contributed by atoms with Crippen LogP contribution in [0.1, 0.15) is 61.6 Å². The summed E-state index contributed by atoms with van der Waals surface area (Å²) in [5.41, 5.74) is 27.1. The molecule has 178 valence electrons. The second-order valence-electron chi connectivity index (χ2n) is 10.7. The van der Waals surface area contributed by atoms with E-state index >= 15 is 0 Å². The standard InChI is InChI=1S/C32H35N3/c33-25-8-2-1-6-23(7-5-9-25)32(24-14-12-22-19-26(34)15-13-21(22)18-24)30-11-4-3-10-28(30)29-20-27(35)16-17-31(29)32/h3-4,10-20,23,25H,1-2,5-9,33-35H2. The van der Waals surface area contributed by atoms with Crippen LogP contribution in [0.2, 0.25) is 0 Å². The summed E-state index contributed by atoms with van der Waals surface area (Å²) in [7, 11) is 0. The maximum Gasteiger partial charge on any atom is 0.0491 e. The highest BCUT2D eigenvalue weighted by Gasteiger charge is 2.49. The van der Waals surface area contributed by atoms with Crippen LogP contribution in [-0.2, 0) is 5.41 Å². The van der Waals surface area contributed by atoms with Gasteiger partial charge in [-0.05, 0) is 101 Å². The Bertz CT molecular complexity index is 1390. The highest BCUT2D eigenvalue weighted by Crippen LogP contribution is 2.59. The fraction of sp³-hybridized carbons (Fsp3) is 0.312. The van der Waals surface area contributed by atoms with Gasteiger partial charge in [0.2, 0.25) is 0 Å². The normalized spacial score (nSPS) is 24.3. The van der Waals surface area contributed by atoms with E-state index in [1.165, 1.54) is 70.7 Å². The first-order valence-corrected chi connectivity index (χ1v) is 13.1. The van der Waals surface area contributed by atoms with Crippen molar-refractivity contribution in [2.24, 2.45) is 11.7 Å². The van der Waals surface area contributed by atoms with Crippen LogP contribution in [0, 0.1) is 5.92 Å². The van der Waals surface area contributed by atoms with Gasteiger partial charge in [-0.2, -0.15) is 0 Å². The molecule has 35 heavy (non-hydrogen) atoms. The molecule has 3 nitrogen and oxygen atoms in total. The number of nitrogen functional groups attached to an aromatic ring is 2. The summed E-state index contributed by atoms with van der Waals surface area (Å²) in [6, 6.07) is 29.2. The zero-order chi connectivity index (χ0) is 24.0. The molecule has 3 heteroatoms. The van der Waals surface area contributed by atoms with Gasteiger partial charge in [0, 0.05) is 22.8 Å². The van der Waals surface area contributed by atoms with Crippen LogP contribution in [0.5, 0.6) is 0 Å². The van der Waals surface area contributed by atoms with E-state index in [2.05, 4.69) is 72.8 Å². The van der Waals surface area contributed by atoms with Gasteiger partial charge in [0.1, 0.15) is 0 Å². The molecule has 0 bridgehead atoms. The van der Waals surface area contributed by atoms with E-state index in [0.717, 1.165) is 24.2 Å². The Balaban J connectivity index is 1.63. The van der Waals surface area contributed by atoms with Crippen molar-refractivity contribution in [3.8, 4) is 11.1 Å². The number of benzene rings is 4. The van der Waals surface area contributed by atoms with Crippen LogP contribution >= 0.6 is 0 Å². The van der Waals surface area contributed by atoms with E-state index in [9.17, 15) is 0 Å². The molecule has 0 saturated heterocycles. The Kier molecular flexibility index (Phi) is 5.53. The van der Waals surface area contributed by atoms with Crippen LogP contribution in [0.4, 0.5) is 11.4 Å². The van der Waals surface area contributed by atoms with E-state index < -0.39 is 0 Å². The summed E-state index contributed by atoms with van der Waals surface area (Å²) >= 11 is 0. The SMILES string of the molecule is Nc1ccc2c(c1)-c1ccccc1C2(c1ccc2cc(N)ccc2c1)C1CCCCC(N)CCC1. The molecule has 4 aromatic carbocycles. The predicted molar refractivity (Wildman–Crippen MR) is 148 cm³/mol. The van der Waals surface area contributed by atoms with Gasteiger partial charge in [0.15, 0.2) is 0 Å². The zero-order valence-electron chi connectivity index (χ0n) is 20.3. The number of nitrogens with two attached hydrogens (primary N) is 3. The molecule has 6 N–H and O–H groups in total. The maximum absolute atomic E-state index is 6.44. The number of hydrogen-bond donors (Lipinski definition) is 3. The minimum absolute atomic E-state index is 0.205. The lowest BCUT2D eigenvalue weighted by Gasteiger charge is -2.41. The van der Waals surface area contributed by atoms with Gasteiger partial charge in [0.25, 0.3) is 0 Å². The Hall–Kier alpha value is -3.30. The Morgan fingerprint density at radius 1 is 0.600 bits per heavy atom. The van der Waals surface area contributed by atoms with E-state index in [1.807, 2.05) is 6.07 Å². The fourth-order valence-electron chi connectivity index (χ4n) is 6.98. The van der Waals surface area contributed by atoms with Gasteiger partial charge in [-0.15, -0.1) is 0 Å². The summed E-state index contributed by atoms with van der Waals surface area (Å²) in [5.74, 6) is 0.491. The first-order valence-electron chi connectivity index (χ1n) is 13.1. The Morgan fingerprint density at radius 3 is 2.17 bits per heavy atom. The van der Waals surface area contributed by atoms with Crippen molar-refractivity contribution in [2.45, 2.75) is 56.4 Å². The molecule has 6 rings (SSSR count). The average molecular weight is 462 g/mol. The third-order valence-corrected chi connectivity index (χ3v) is 8.55. The van der Waals surface area contributed by atoms with E-state index in [0.29, 0.717) is 12.0 Å². The molecule has 3 atom stereocenters. The number of anilines is 2. The van der Waals surface area contributed by atoms with E-state index in [1.54, 1.807) is 0 Å². The van der Waals surface area contributed by atoms with Gasteiger partial charge in [-0.25, -0.2) is 0 Å². The lowest BCUT2D eigenvalue weighted by atomic mass is 9.61. The number of rotatable bonds is 2. The maximum atomic E-state index is 6.44. The summed E-state index contributed by atoms with van der Waals surface area (Å²) in [6.45, 7) is 0. The third-order valence-electron chi connectivity index (χ3n) is 8.55. The van der Waals surface area contributed by atoms with E-state index in [4.69, 9.17) is 17.2 Å². The van der Waals surface area contributed by atoms with Crippen molar-refractivity contribution in [3.05, 3.63) is 95.6 Å². The van der Waals surface area contributed by atoms with Crippen molar-refractivity contribution < 1.29 is 0 Å². The predicted octanol–water partition coefficient (Wildman–Crippen LogP) is 7.01. The molecule has 4 aromatic rings. The molecule has 2 aliphatic rings. The van der Waals surface area contributed by atoms with Gasteiger partial charge < -0.3 is 17.2 Å². The van der Waals surface area contributed by atoms with Gasteiger partial charge >= 0.3 is 0 Å². The minimum Gasteiger partial charge on any atom is -0.399 e. The Morgan fingerprint density at radius 2 is 1.26 bits per heavy atom. The van der Waals surface area contributed by atoms with Crippen molar-refractivity contribution in [2.75, 3.05) is 11.5 Å². The molecule has 1 fully saturated rings. The molecule has 0 aliphatic heterocycles. The molecule has 2 aliphatic carbocycles. The molecular weight excluding hydrogens is 426 g/mol. The Labute approximate surface area is 208 Å². The second-order valence-corrected chi connectivity index (χ2v) is 10.7. The molecule has 0 aromatic heterocycles. The molecule has 1 saturated carbocycles. The van der Waals surface area contributed by atoms with Crippen LogP contribution in [-0.4, -0.2) is 6.04 Å². The van der Waals surface area contributed by atoms with E-state index in [-0.39, 0.29) is 5.41 Å². The molecule has 3 unspecified atom stereocenters. The lowest BCUT2D eigenvalue weighted by Crippen LogP contribution is -2.36. The zero-order valence-corrected chi connectivity index (χ0v) is 20.3. The first-order chi connectivity index (χ1) is 17.1.